The lowest BCUT2D eigenvalue weighted by molar-refractivity contribution is -0.144. The molecule has 3 rings (SSSR count). The van der Waals surface area contributed by atoms with Crippen molar-refractivity contribution in [3.8, 4) is 0 Å². The number of hydrogen-bond donors (Lipinski definition) is 1. The van der Waals surface area contributed by atoms with Crippen LogP contribution in [0.15, 0.2) is 53.5 Å². The van der Waals surface area contributed by atoms with E-state index in [9.17, 15) is 18.3 Å². The number of pyridine rings is 1. The molecule has 0 spiro atoms. The molecule has 142 valence electrons. The minimum Gasteiger partial charge on any atom is -0.383 e. The fraction of sp³-hybridized carbons (Fsp3) is 0.278. The molecule has 0 radical (unpaired) electrons. The van der Waals surface area contributed by atoms with E-state index in [1.807, 2.05) is 24.3 Å². The van der Waals surface area contributed by atoms with Gasteiger partial charge >= 0.3 is 6.18 Å². The first kappa shape index (κ1) is 19.5. The Morgan fingerprint density at radius 1 is 1.11 bits per heavy atom. The summed E-state index contributed by atoms with van der Waals surface area (Å²) < 4.78 is 43.0. The lowest BCUT2D eigenvalue weighted by atomic mass is 9.93. The maximum Gasteiger partial charge on any atom is 0.433 e. The monoisotopic (exact) mass is 440 g/mol. The summed E-state index contributed by atoms with van der Waals surface area (Å²) in [6.45, 7) is 1.12. The SMILES string of the molecule is CC(O)(Cn1cncn1)c1ccc(Cc2ccc(Br)cc2)nc1C(F)(F)F. The zero-order chi connectivity index (χ0) is 19.7. The van der Waals surface area contributed by atoms with Crippen LogP contribution in [0.25, 0.3) is 0 Å². The first-order valence-corrected chi connectivity index (χ1v) is 8.81. The summed E-state index contributed by atoms with van der Waals surface area (Å²) in [4.78, 5) is 7.55. The fourth-order valence-corrected chi connectivity index (χ4v) is 3.04. The molecule has 1 unspecified atom stereocenters. The third-order valence-corrected chi connectivity index (χ3v) is 4.57. The van der Waals surface area contributed by atoms with Crippen molar-refractivity contribution in [1.29, 1.82) is 0 Å². The van der Waals surface area contributed by atoms with E-state index in [0.29, 0.717) is 0 Å². The molecule has 0 amide bonds. The number of alkyl halides is 3. The van der Waals surface area contributed by atoms with Crippen LogP contribution in [0.3, 0.4) is 0 Å². The van der Waals surface area contributed by atoms with Gasteiger partial charge in [-0.2, -0.15) is 18.3 Å². The number of aromatic nitrogens is 4. The normalized spacial score (nSPS) is 14.1. The Balaban J connectivity index is 1.95. The van der Waals surface area contributed by atoms with Gasteiger partial charge in [-0.3, -0.25) is 0 Å². The Morgan fingerprint density at radius 2 is 1.81 bits per heavy atom. The number of rotatable bonds is 5. The number of benzene rings is 1. The van der Waals surface area contributed by atoms with Crippen LogP contribution in [0.2, 0.25) is 0 Å². The number of aliphatic hydroxyl groups is 1. The van der Waals surface area contributed by atoms with Crippen molar-refractivity contribution in [3.63, 3.8) is 0 Å². The van der Waals surface area contributed by atoms with Gasteiger partial charge in [0, 0.05) is 22.2 Å². The molecule has 9 heteroatoms. The Bertz CT molecular complexity index is 909. The summed E-state index contributed by atoms with van der Waals surface area (Å²) in [6.07, 6.45) is -1.86. The highest BCUT2D eigenvalue weighted by Gasteiger charge is 2.41. The quantitative estimate of drug-likeness (QED) is 0.652. The summed E-state index contributed by atoms with van der Waals surface area (Å²) in [5.74, 6) is 0. The minimum absolute atomic E-state index is 0.177. The second kappa shape index (κ2) is 7.40. The Kier molecular flexibility index (Phi) is 5.34. The van der Waals surface area contributed by atoms with Gasteiger partial charge in [-0.1, -0.05) is 34.1 Å². The molecule has 0 bridgehead atoms. The highest BCUT2D eigenvalue weighted by molar-refractivity contribution is 9.10. The number of halogens is 4. The lowest BCUT2D eigenvalue weighted by Crippen LogP contribution is -2.32. The molecule has 2 heterocycles. The molecular formula is C18H16BrF3N4O. The van der Waals surface area contributed by atoms with E-state index >= 15 is 0 Å². The summed E-state index contributed by atoms with van der Waals surface area (Å²) >= 11 is 3.32. The van der Waals surface area contributed by atoms with E-state index in [1.165, 1.54) is 36.4 Å². The first-order valence-electron chi connectivity index (χ1n) is 8.02. The molecule has 27 heavy (non-hydrogen) atoms. The van der Waals surface area contributed by atoms with Crippen molar-refractivity contribution >= 4 is 15.9 Å². The summed E-state index contributed by atoms with van der Waals surface area (Å²) in [5.41, 5.74) is -2.11. The highest BCUT2D eigenvalue weighted by Crippen LogP contribution is 2.36. The molecule has 0 fully saturated rings. The molecule has 3 aromatic rings. The van der Waals surface area contributed by atoms with Crippen molar-refractivity contribution in [3.05, 3.63) is 76.0 Å². The summed E-state index contributed by atoms with van der Waals surface area (Å²) in [5, 5.41) is 14.5. The Labute approximate surface area is 162 Å². The van der Waals surface area contributed by atoms with Crippen molar-refractivity contribution in [2.24, 2.45) is 0 Å². The molecule has 1 aromatic carbocycles. The molecular weight excluding hydrogens is 425 g/mol. The van der Waals surface area contributed by atoms with Gasteiger partial charge in [-0.25, -0.2) is 14.6 Å². The van der Waals surface area contributed by atoms with E-state index in [4.69, 9.17) is 0 Å². The molecule has 1 atom stereocenters. The average molecular weight is 441 g/mol. The number of hydrogen-bond acceptors (Lipinski definition) is 4. The number of nitrogens with zero attached hydrogens (tertiary/aromatic N) is 4. The molecule has 2 aromatic heterocycles. The lowest BCUT2D eigenvalue weighted by Gasteiger charge is -2.26. The van der Waals surface area contributed by atoms with Crippen LogP contribution in [-0.2, 0) is 24.7 Å². The first-order chi connectivity index (χ1) is 12.6. The highest BCUT2D eigenvalue weighted by atomic mass is 79.9. The molecule has 0 saturated carbocycles. The van der Waals surface area contributed by atoms with Crippen LogP contribution in [0.4, 0.5) is 13.2 Å². The van der Waals surface area contributed by atoms with E-state index in [2.05, 4.69) is 31.0 Å². The molecule has 1 N–H and O–H groups in total. The van der Waals surface area contributed by atoms with Crippen LogP contribution >= 0.6 is 15.9 Å². The predicted molar refractivity (Wildman–Crippen MR) is 95.8 cm³/mol. The second-order valence-electron chi connectivity index (χ2n) is 6.37. The minimum atomic E-state index is -4.70. The second-order valence-corrected chi connectivity index (χ2v) is 7.28. The van der Waals surface area contributed by atoms with Gasteiger partial charge < -0.3 is 5.11 Å². The van der Waals surface area contributed by atoms with Crippen molar-refractivity contribution in [2.45, 2.75) is 31.7 Å². The van der Waals surface area contributed by atoms with Gasteiger partial charge in [0.15, 0.2) is 5.69 Å². The van der Waals surface area contributed by atoms with Gasteiger partial charge in [0.2, 0.25) is 0 Å². The van der Waals surface area contributed by atoms with Gasteiger partial charge in [0.05, 0.1) is 6.54 Å². The average Bonchev–Trinajstić information content (AvgIpc) is 3.08. The zero-order valence-electron chi connectivity index (χ0n) is 14.3. The van der Waals surface area contributed by atoms with Crippen molar-refractivity contribution in [1.82, 2.24) is 19.7 Å². The van der Waals surface area contributed by atoms with Crippen LogP contribution in [0.5, 0.6) is 0 Å². The molecule has 0 aliphatic carbocycles. The standard InChI is InChI=1S/C18H16BrF3N4O/c1-17(27,9-26-11-23-10-24-26)15-7-6-14(25-16(15)18(20,21)22)8-12-2-4-13(19)5-3-12/h2-7,10-11,27H,8-9H2,1H3. The molecule has 5 nitrogen and oxygen atoms in total. The van der Waals surface area contributed by atoms with Crippen molar-refractivity contribution in [2.75, 3.05) is 0 Å². The third-order valence-electron chi connectivity index (χ3n) is 4.04. The topological polar surface area (TPSA) is 63.8 Å². The maximum atomic E-state index is 13.6. The third kappa shape index (κ3) is 4.72. The van der Waals surface area contributed by atoms with Crippen LogP contribution < -0.4 is 0 Å². The van der Waals surface area contributed by atoms with Gasteiger partial charge in [-0.15, -0.1) is 0 Å². The summed E-state index contributed by atoms with van der Waals surface area (Å²) in [7, 11) is 0. The van der Waals surface area contributed by atoms with Gasteiger partial charge in [-0.05, 0) is 30.7 Å². The zero-order valence-corrected chi connectivity index (χ0v) is 15.9. The molecule has 0 aliphatic rings. The maximum absolute atomic E-state index is 13.6. The smallest absolute Gasteiger partial charge is 0.383 e. The van der Waals surface area contributed by atoms with E-state index in [1.54, 1.807) is 0 Å². The largest absolute Gasteiger partial charge is 0.433 e. The van der Waals surface area contributed by atoms with E-state index in [-0.39, 0.29) is 24.2 Å². The van der Waals surface area contributed by atoms with E-state index in [0.717, 1.165) is 10.0 Å². The van der Waals surface area contributed by atoms with Crippen LogP contribution in [0.1, 0.15) is 29.4 Å². The fourth-order valence-electron chi connectivity index (χ4n) is 2.78. The molecule has 0 saturated heterocycles. The van der Waals surface area contributed by atoms with E-state index < -0.39 is 17.5 Å². The van der Waals surface area contributed by atoms with Gasteiger partial charge in [0.25, 0.3) is 0 Å². The van der Waals surface area contributed by atoms with Crippen LogP contribution in [-0.4, -0.2) is 24.9 Å². The Hall–Kier alpha value is -2.26. The predicted octanol–water partition coefficient (Wildman–Crippen LogP) is 3.95. The Morgan fingerprint density at radius 3 is 2.41 bits per heavy atom. The summed E-state index contributed by atoms with van der Waals surface area (Å²) in [6, 6.07) is 10.0. The van der Waals surface area contributed by atoms with Crippen LogP contribution in [0, 0.1) is 0 Å². The van der Waals surface area contributed by atoms with Crippen molar-refractivity contribution < 1.29 is 18.3 Å². The van der Waals surface area contributed by atoms with Gasteiger partial charge in [0.1, 0.15) is 18.3 Å². The molecule has 0 aliphatic heterocycles.